The van der Waals surface area contributed by atoms with Crippen molar-refractivity contribution in [1.82, 2.24) is 0 Å². The van der Waals surface area contributed by atoms with Gasteiger partial charge < -0.3 is 0 Å². The van der Waals surface area contributed by atoms with Crippen LogP contribution in [0.4, 0.5) is 0 Å². The Balaban J connectivity index is 2.27. The van der Waals surface area contributed by atoms with Crippen LogP contribution < -0.4 is 0 Å². The third-order valence-corrected chi connectivity index (χ3v) is 3.78. The van der Waals surface area contributed by atoms with Crippen LogP contribution in [-0.2, 0) is 0 Å². The number of hydrogen-bond donors (Lipinski definition) is 0. The van der Waals surface area contributed by atoms with Crippen LogP contribution in [0.5, 0.6) is 0 Å². The fourth-order valence-electron chi connectivity index (χ4n) is 2.42. The van der Waals surface area contributed by atoms with Gasteiger partial charge in [-0.25, -0.2) is 0 Å². The zero-order chi connectivity index (χ0) is 14.1. The van der Waals surface area contributed by atoms with Gasteiger partial charge in [-0.1, -0.05) is 60.1 Å². The number of Topliss-reactive ketones (excluding diaryl/α,β-unsaturated/α-hetero) is 1. The monoisotopic (exact) mass is 280 g/mol. The Hall–Kier alpha value is -2.12. The molecular formula is C18H13ClO. The topological polar surface area (TPSA) is 17.1 Å². The first-order valence-electron chi connectivity index (χ1n) is 6.45. The second kappa shape index (κ2) is 5.10. The van der Waals surface area contributed by atoms with Crippen LogP contribution >= 0.6 is 11.6 Å². The van der Waals surface area contributed by atoms with Crippen LogP contribution in [-0.4, -0.2) is 5.78 Å². The van der Waals surface area contributed by atoms with E-state index in [0.29, 0.717) is 0 Å². The third-order valence-electron chi connectivity index (χ3n) is 3.45. The number of halogens is 1. The summed E-state index contributed by atoms with van der Waals surface area (Å²) >= 11 is 6.24. The summed E-state index contributed by atoms with van der Waals surface area (Å²) < 4.78 is 0. The van der Waals surface area contributed by atoms with Crippen molar-refractivity contribution >= 4 is 28.2 Å². The highest BCUT2D eigenvalue weighted by Crippen LogP contribution is 2.33. The Morgan fingerprint density at radius 3 is 2.40 bits per heavy atom. The van der Waals surface area contributed by atoms with E-state index < -0.39 is 0 Å². The van der Waals surface area contributed by atoms with Crippen LogP contribution in [0.2, 0.25) is 5.02 Å². The first-order valence-corrected chi connectivity index (χ1v) is 6.83. The molecule has 0 saturated carbocycles. The quantitative estimate of drug-likeness (QED) is 0.577. The second-order valence-electron chi connectivity index (χ2n) is 4.78. The Kier molecular flexibility index (Phi) is 3.29. The highest BCUT2D eigenvalue weighted by molar-refractivity contribution is 6.36. The lowest BCUT2D eigenvalue weighted by Gasteiger charge is -2.09. The minimum atomic E-state index is 0.0742. The molecule has 20 heavy (non-hydrogen) atoms. The molecule has 0 bridgehead atoms. The fraction of sp³-hybridized carbons (Fsp3) is 0.0556. The Labute approximate surface area is 122 Å². The van der Waals surface area contributed by atoms with E-state index in [9.17, 15) is 4.79 Å². The largest absolute Gasteiger partial charge is 0.295 e. The minimum absolute atomic E-state index is 0.0742. The van der Waals surface area contributed by atoms with E-state index >= 15 is 0 Å². The van der Waals surface area contributed by atoms with Crippen molar-refractivity contribution in [2.45, 2.75) is 6.92 Å². The molecule has 0 radical (unpaired) electrons. The molecule has 0 unspecified atom stereocenters. The van der Waals surface area contributed by atoms with Gasteiger partial charge in [0.15, 0.2) is 5.78 Å². The number of carbonyl (C=O) groups is 1. The highest BCUT2D eigenvalue weighted by atomic mass is 35.5. The van der Waals surface area contributed by atoms with Gasteiger partial charge in [0.1, 0.15) is 0 Å². The maximum absolute atomic E-state index is 11.5. The first kappa shape index (κ1) is 12.9. The molecule has 0 heterocycles. The zero-order valence-corrected chi connectivity index (χ0v) is 11.8. The Bertz CT molecular complexity index is 805. The summed E-state index contributed by atoms with van der Waals surface area (Å²) in [5, 5.41) is 2.87. The number of ketones is 1. The maximum atomic E-state index is 11.5. The maximum Gasteiger partial charge on any atom is 0.159 e. The SMILES string of the molecule is CC(=O)c1cccc(-c2ccc(Cl)c3ccccc23)c1. The molecule has 3 rings (SSSR count). The molecule has 0 aliphatic heterocycles. The Morgan fingerprint density at radius 2 is 1.65 bits per heavy atom. The normalized spacial score (nSPS) is 10.7. The van der Waals surface area contributed by atoms with Crippen molar-refractivity contribution in [3.63, 3.8) is 0 Å². The van der Waals surface area contributed by atoms with Crippen molar-refractivity contribution in [3.8, 4) is 11.1 Å². The van der Waals surface area contributed by atoms with Gasteiger partial charge in [0.25, 0.3) is 0 Å². The van der Waals surface area contributed by atoms with Crippen molar-refractivity contribution in [3.05, 3.63) is 71.2 Å². The molecule has 1 nitrogen and oxygen atoms in total. The number of rotatable bonds is 2. The first-order chi connectivity index (χ1) is 9.66. The van der Waals surface area contributed by atoms with Gasteiger partial charge in [-0.2, -0.15) is 0 Å². The van der Waals surface area contributed by atoms with Gasteiger partial charge in [-0.3, -0.25) is 4.79 Å². The molecule has 0 spiro atoms. The molecule has 3 aromatic carbocycles. The number of hydrogen-bond acceptors (Lipinski definition) is 1. The molecule has 0 atom stereocenters. The Morgan fingerprint density at radius 1 is 0.900 bits per heavy atom. The van der Waals surface area contributed by atoms with Gasteiger partial charge in [-0.15, -0.1) is 0 Å². The molecular weight excluding hydrogens is 268 g/mol. The van der Waals surface area contributed by atoms with E-state index in [0.717, 1.165) is 32.5 Å². The summed E-state index contributed by atoms with van der Waals surface area (Å²) in [5.41, 5.74) is 2.85. The van der Waals surface area contributed by atoms with Crippen molar-refractivity contribution < 1.29 is 4.79 Å². The van der Waals surface area contributed by atoms with Gasteiger partial charge in [0.05, 0.1) is 0 Å². The lowest BCUT2D eigenvalue weighted by atomic mass is 9.96. The fourth-order valence-corrected chi connectivity index (χ4v) is 2.65. The zero-order valence-electron chi connectivity index (χ0n) is 11.1. The number of fused-ring (bicyclic) bond motifs is 1. The van der Waals surface area contributed by atoms with Crippen molar-refractivity contribution in [2.24, 2.45) is 0 Å². The van der Waals surface area contributed by atoms with E-state index in [2.05, 4.69) is 6.07 Å². The summed E-state index contributed by atoms with van der Waals surface area (Å²) in [6, 6.07) is 19.6. The highest BCUT2D eigenvalue weighted by Gasteiger charge is 2.08. The average molecular weight is 281 g/mol. The lowest BCUT2D eigenvalue weighted by molar-refractivity contribution is 0.101. The minimum Gasteiger partial charge on any atom is -0.295 e. The average Bonchev–Trinajstić information content (AvgIpc) is 2.48. The molecule has 0 aromatic heterocycles. The van der Waals surface area contributed by atoms with Gasteiger partial charge in [0, 0.05) is 16.0 Å². The van der Waals surface area contributed by atoms with Gasteiger partial charge in [-0.05, 0) is 35.6 Å². The van der Waals surface area contributed by atoms with E-state index in [4.69, 9.17) is 11.6 Å². The smallest absolute Gasteiger partial charge is 0.159 e. The number of carbonyl (C=O) groups excluding carboxylic acids is 1. The van der Waals surface area contributed by atoms with Crippen LogP contribution in [0.25, 0.3) is 21.9 Å². The lowest BCUT2D eigenvalue weighted by Crippen LogP contribution is -1.92. The molecule has 2 heteroatoms. The van der Waals surface area contributed by atoms with E-state index in [1.54, 1.807) is 6.92 Å². The summed E-state index contributed by atoms with van der Waals surface area (Å²) in [6.07, 6.45) is 0. The van der Waals surface area contributed by atoms with Gasteiger partial charge >= 0.3 is 0 Å². The molecule has 98 valence electrons. The molecule has 0 saturated heterocycles. The van der Waals surface area contributed by atoms with E-state index in [1.165, 1.54) is 0 Å². The summed E-state index contributed by atoms with van der Waals surface area (Å²) in [4.78, 5) is 11.5. The van der Waals surface area contributed by atoms with Crippen molar-refractivity contribution in [1.29, 1.82) is 0 Å². The van der Waals surface area contributed by atoms with Gasteiger partial charge in [0.2, 0.25) is 0 Å². The summed E-state index contributed by atoms with van der Waals surface area (Å²) in [7, 11) is 0. The molecule has 0 amide bonds. The van der Waals surface area contributed by atoms with E-state index in [1.807, 2.05) is 54.6 Å². The molecule has 0 aliphatic rings. The molecule has 0 N–H and O–H groups in total. The summed E-state index contributed by atoms with van der Waals surface area (Å²) in [5.74, 6) is 0.0742. The number of benzene rings is 3. The van der Waals surface area contributed by atoms with Crippen LogP contribution in [0.3, 0.4) is 0 Å². The predicted molar refractivity (Wildman–Crippen MR) is 84.4 cm³/mol. The third kappa shape index (κ3) is 2.21. The van der Waals surface area contributed by atoms with Crippen LogP contribution in [0.1, 0.15) is 17.3 Å². The standard InChI is InChI=1S/C18H13ClO/c1-12(20)13-5-4-6-14(11-13)15-9-10-18(19)17-8-3-2-7-16(15)17/h2-11H,1H3. The van der Waals surface area contributed by atoms with Crippen LogP contribution in [0, 0.1) is 0 Å². The second-order valence-corrected chi connectivity index (χ2v) is 5.18. The molecule has 0 fully saturated rings. The van der Waals surface area contributed by atoms with E-state index in [-0.39, 0.29) is 5.78 Å². The summed E-state index contributed by atoms with van der Waals surface area (Å²) in [6.45, 7) is 1.58. The van der Waals surface area contributed by atoms with Crippen LogP contribution in [0.15, 0.2) is 60.7 Å². The molecule has 0 aliphatic carbocycles. The molecule has 3 aromatic rings. The predicted octanol–water partition coefficient (Wildman–Crippen LogP) is 5.36. The van der Waals surface area contributed by atoms with Crippen molar-refractivity contribution in [2.75, 3.05) is 0 Å².